The molecule has 3 amide bonds. The molecule has 1 aliphatic rings. The number of carbonyl (C=O) groups is 2. The van der Waals surface area contributed by atoms with E-state index in [9.17, 15) is 14.7 Å². The first-order valence-electron chi connectivity index (χ1n) is 11.9. The number of urea groups is 1. The summed E-state index contributed by atoms with van der Waals surface area (Å²) in [5.74, 6) is 0.428. The first-order chi connectivity index (χ1) is 16.8. The molecule has 0 saturated carbocycles. The van der Waals surface area contributed by atoms with Gasteiger partial charge in [0.2, 0.25) is 5.91 Å². The van der Waals surface area contributed by atoms with E-state index in [1.165, 1.54) is 0 Å². The number of nitrogens with zero attached hydrogens (tertiary/aromatic N) is 5. The molecule has 0 fully saturated rings. The number of likely N-dealkylation sites (N-methyl/N-ethyl adjacent to an activating group) is 1. The number of benzene rings is 1. The van der Waals surface area contributed by atoms with E-state index in [0.29, 0.717) is 43.9 Å². The van der Waals surface area contributed by atoms with Gasteiger partial charge in [-0.1, -0.05) is 24.3 Å². The van der Waals surface area contributed by atoms with Crippen LogP contribution in [0.2, 0.25) is 0 Å². The van der Waals surface area contributed by atoms with Gasteiger partial charge in [-0.2, -0.15) is 0 Å². The molecule has 0 bridgehead atoms. The van der Waals surface area contributed by atoms with Crippen molar-refractivity contribution < 1.29 is 24.2 Å². The van der Waals surface area contributed by atoms with Gasteiger partial charge < -0.3 is 29.7 Å². The number of aryl methyl sites for hydroxylation is 1. The molecule has 0 saturated heterocycles. The summed E-state index contributed by atoms with van der Waals surface area (Å²) >= 11 is 0. The van der Waals surface area contributed by atoms with E-state index in [-0.39, 0.29) is 43.2 Å². The van der Waals surface area contributed by atoms with Crippen LogP contribution in [-0.2, 0) is 22.7 Å². The number of methoxy groups -OCH3 is 1. The molecule has 2 heterocycles. The van der Waals surface area contributed by atoms with Crippen LogP contribution >= 0.6 is 0 Å². The molecule has 3 rings (SSSR count). The first kappa shape index (κ1) is 26.4. The normalized spacial score (nSPS) is 20.3. The van der Waals surface area contributed by atoms with Gasteiger partial charge in [0.1, 0.15) is 5.75 Å². The number of hydrogen-bond acceptors (Lipinski definition) is 7. The average molecular weight is 489 g/mol. The van der Waals surface area contributed by atoms with Crippen molar-refractivity contribution in [3.8, 4) is 5.75 Å². The van der Waals surface area contributed by atoms with Gasteiger partial charge in [0.05, 0.1) is 50.0 Å². The summed E-state index contributed by atoms with van der Waals surface area (Å²) in [6.45, 7) is 5.22. The molecule has 11 heteroatoms. The molecule has 0 radical (unpaired) electrons. The van der Waals surface area contributed by atoms with Crippen LogP contribution in [0.3, 0.4) is 0 Å². The monoisotopic (exact) mass is 488 g/mol. The number of anilines is 1. The summed E-state index contributed by atoms with van der Waals surface area (Å²) in [5, 5.41) is 20.7. The molecule has 35 heavy (non-hydrogen) atoms. The molecule has 3 atom stereocenters. The Balaban J connectivity index is 1.78. The maximum Gasteiger partial charge on any atom is 0.321 e. The van der Waals surface area contributed by atoms with E-state index in [0.717, 1.165) is 5.69 Å². The summed E-state index contributed by atoms with van der Waals surface area (Å²) in [6, 6.07) is 6.58. The van der Waals surface area contributed by atoms with Gasteiger partial charge in [0.15, 0.2) is 0 Å². The molecular formula is C24H36N6O5. The largest absolute Gasteiger partial charge is 0.495 e. The zero-order valence-corrected chi connectivity index (χ0v) is 20.9. The number of rotatable bonds is 6. The number of fused-ring (bicyclic) bond motifs is 1. The minimum absolute atomic E-state index is 0.0262. The summed E-state index contributed by atoms with van der Waals surface area (Å²) in [7, 11) is 3.25. The maximum absolute atomic E-state index is 13.0. The van der Waals surface area contributed by atoms with Crippen LogP contribution in [-0.4, -0.2) is 87.8 Å². The van der Waals surface area contributed by atoms with Gasteiger partial charge in [-0.25, -0.2) is 9.48 Å². The molecule has 2 N–H and O–H groups in total. The lowest BCUT2D eigenvalue weighted by atomic mass is 10.0. The first-order valence-corrected chi connectivity index (χ1v) is 11.9. The number of carbonyl (C=O) groups excluding carboxylic acids is 2. The minimum Gasteiger partial charge on any atom is -0.495 e. The Bertz CT molecular complexity index is 983. The van der Waals surface area contributed by atoms with Crippen molar-refractivity contribution in [2.75, 3.05) is 39.2 Å². The Kier molecular flexibility index (Phi) is 9.44. The standard InChI is InChI=1S/C24H36N6O5/c1-17-13-29(18(2)15-31)23(32)10-7-11-30-19(12-25-27-30)16-35-22(17)14-28(3)24(33)26-20-8-5-6-9-21(20)34-4/h5-6,8-9,12,17-18,22,31H,7,10-11,13-16H2,1-4H3,(H,26,33)/t17-,18-,22+/m1/s1. The number of amides is 3. The van der Waals surface area contributed by atoms with Gasteiger partial charge >= 0.3 is 6.03 Å². The summed E-state index contributed by atoms with van der Waals surface area (Å²) in [6.07, 6.45) is 2.25. The van der Waals surface area contributed by atoms with Crippen molar-refractivity contribution in [2.45, 2.75) is 52.0 Å². The highest BCUT2D eigenvalue weighted by Gasteiger charge is 2.29. The highest BCUT2D eigenvalue weighted by molar-refractivity contribution is 5.90. The van der Waals surface area contributed by atoms with Gasteiger partial charge in [0, 0.05) is 39.0 Å². The number of ether oxygens (including phenoxy) is 2. The van der Waals surface area contributed by atoms with Crippen LogP contribution in [0.4, 0.5) is 10.5 Å². The van der Waals surface area contributed by atoms with Crippen LogP contribution < -0.4 is 10.1 Å². The van der Waals surface area contributed by atoms with Gasteiger partial charge in [-0.05, 0) is 25.5 Å². The van der Waals surface area contributed by atoms with Crippen molar-refractivity contribution in [1.82, 2.24) is 24.8 Å². The predicted octanol–water partition coefficient (Wildman–Crippen LogP) is 1.98. The molecule has 11 nitrogen and oxygen atoms in total. The van der Waals surface area contributed by atoms with Crippen LogP contribution in [0.5, 0.6) is 5.75 Å². The lowest BCUT2D eigenvalue weighted by Crippen LogP contribution is -2.48. The maximum atomic E-state index is 13.0. The highest BCUT2D eigenvalue weighted by atomic mass is 16.5. The number of nitrogens with one attached hydrogen (secondary N) is 1. The predicted molar refractivity (Wildman–Crippen MR) is 130 cm³/mol. The summed E-state index contributed by atoms with van der Waals surface area (Å²) < 4.78 is 13.3. The van der Waals surface area contributed by atoms with Crippen LogP contribution in [0.1, 0.15) is 32.4 Å². The Morgan fingerprint density at radius 1 is 1.40 bits per heavy atom. The third-order valence-corrected chi connectivity index (χ3v) is 6.29. The van der Waals surface area contributed by atoms with Crippen LogP contribution in [0.15, 0.2) is 30.5 Å². The Hall–Kier alpha value is -3.18. The van der Waals surface area contributed by atoms with Gasteiger partial charge in [-0.3, -0.25) is 4.79 Å². The van der Waals surface area contributed by atoms with Crippen LogP contribution in [0.25, 0.3) is 0 Å². The van der Waals surface area contributed by atoms with E-state index in [2.05, 4.69) is 15.6 Å². The highest BCUT2D eigenvalue weighted by Crippen LogP contribution is 2.24. The Morgan fingerprint density at radius 2 is 2.17 bits per heavy atom. The van der Waals surface area contributed by atoms with Crippen LogP contribution in [0, 0.1) is 5.92 Å². The topological polar surface area (TPSA) is 122 Å². The fourth-order valence-corrected chi connectivity index (χ4v) is 4.06. The van der Waals surface area contributed by atoms with E-state index in [4.69, 9.17) is 9.47 Å². The second kappa shape index (κ2) is 12.5. The quantitative estimate of drug-likeness (QED) is 0.637. The molecule has 192 valence electrons. The van der Waals surface area contributed by atoms with Crippen molar-refractivity contribution in [3.63, 3.8) is 0 Å². The van der Waals surface area contributed by atoms with E-state index >= 15 is 0 Å². The molecular weight excluding hydrogens is 452 g/mol. The van der Waals surface area contributed by atoms with E-state index in [1.807, 2.05) is 26.0 Å². The Morgan fingerprint density at radius 3 is 2.91 bits per heavy atom. The average Bonchev–Trinajstić information content (AvgIpc) is 3.30. The molecule has 1 aliphatic heterocycles. The summed E-state index contributed by atoms with van der Waals surface area (Å²) in [5.41, 5.74) is 1.39. The van der Waals surface area contributed by atoms with Crippen molar-refractivity contribution in [3.05, 3.63) is 36.2 Å². The second-order valence-corrected chi connectivity index (χ2v) is 8.97. The molecule has 1 aromatic heterocycles. The number of hydrogen-bond donors (Lipinski definition) is 2. The number of aromatic nitrogens is 3. The minimum atomic E-state index is -0.382. The smallest absolute Gasteiger partial charge is 0.321 e. The zero-order chi connectivity index (χ0) is 25.4. The molecule has 2 aromatic rings. The van der Waals surface area contributed by atoms with Crippen molar-refractivity contribution >= 4 is 17.6 Å². The molecule has 0 spiro atoms. The molecule has 0 unspecified atom stereocenters. The lowest BCUT2D eigenvalue weighted by molar-refractivity contribution is -0.136. The van der Waals surface area contributed by atoms with E-state index in [1.54, 1.807) is 47.0 Å². The second-order valence-electron chi connectivity index (χ2n) is 8.97. The fourth-order valence-electron chi connectivity index (χ4n) is 4.06. The third-order valence-electron chi connectivity index (χ3n) is 6.29. The summed E-state index contributed by atoms with van der Waals surface area (Å²) in [4.78, 5) is 29.2. The van der Waals surface area contributed by atoms with Crippen molar-refractivity contribution in [2.24, 2.45) is 5.92 Å². The van der Waals surface area contributed by atoms with E-state index < -0.39 is 0 Å². The van der Waals surface area contributed by atoms with Gasteiger partial charge in [-0.15, -0.1) is 5.10 Å². The zero-order valence-electron chi connectivity index (χ0n) is 20.9. The van der Waals surface area contributed by atoms with Crippen molar-refractivity contribution in [1.29, 1.82) is 0 Å². The SMILES string of the molecule is COc1ccccc1NC(=O)N(C)C[C@@H]1OCc2cnnn2CCCC(=O)N([C@H](C)CO)C[C@H]1C. The Labute approximate surface area is 206 Å². The third kappa shape index (κ3) is 6.92. The number of aliphatic hydroxyl groups excluding tert-OH is 1. The molecule has 1 aromatic carbocycles. The number of para-hydroxylation sites is 2. The molecule has 0 aliphatic carbocycles. The number of aliphatic hydroxyl groups is 1. The van der Waals surface area contributed by atoms with Gasteiger partial charge in [0.25, 0.3) is 0 Å². The lowest BCUT2D eigenvalue weighted by Gasteiger charge is -2.35. The fraction of sp³-hybridized carbons (Fsp3) is 0.583.